The fraction of sp³-hybridized carbons (Fsp3) is 0.167. The summed E-state index contributed by atoms with van der Waals surface area (Å²) in [7, 11) is 0. The molecule has 0 unspecified atom stereocenters. The number of rotatable bonds is 6. The average Bonchev–Trinajstić information content (AvgIpc) is 2.29. The molecule has 0 aliphatic rings. The van der Waals surface area contributed by atoms with Crippen molar-refractivity contribution in [3.8, 4) is 0 Å². The highest BCUT2D eigenvalue weighted by Gasteiger charge is 2.13. The highest BCUT2D eigenvalue weighted by atomic mass is 35.5. The van der Waals surface area contributed by atoms with E-state index in [1.807, 2.05) is 4.90 Å². The van der Waals surface area contributed by atoms with Gasteiger partial charge >= 0.3 is 5.97 Å². The summed E-state index contributed by atoms with van der Waals surface area (Å²) >= 11 is 5.75. The Kier molecular flexibility index (Phi) is 4.72. The molecule has 5 heteroatoms. The maximum atomic E-state index is 10.9. The van der Waals surface area contributed by atoms with E-state index in [-0.39, 0.29) is 10.6 Å². The lowest BCUT2D eigenvalue weighted by Crippen LogP contribution is -2.24. The molecule has 1 N–H and O–H groups in total. The summed E-state index contributed by atoms with van der Waals surface area (Å²) in [6.45, 7) is 8.38. The minimum atomic E-state index is -1.07. The van der Waals surface area contributed by atoms with Crippen molar-refractivity contribution in [2.75, 3.05) is 18.0 Å². The Morgan fingerprint density at radius 2 is 2.06 bits per heavy atom. The predicted octanol–water partition coefficient (Wildman–Crippen LogP) is 2.61. The topological polar surface area (TPSA) is 53.4 Å². The Morgan fingerprint density at radius 3 is 2.53 bits per heavy atom. The van der Waals surface area contributed by atoms with Gasteiger partial charge in [-0.25, -0.2) is 9.78 Å². The number of carbonyl (C=O) groups is 1. The van der Waals surface area contributed by atoms with Gasteiger partial charge in [-0.2, -0.15) is 0 Å². The fourth-order valence-electron chi connectivity index (χ4n) is 1.34. The first kappa shape index (κ1) is 13.3. The third-order valence-corrected chi connectivity index (χ3v) is 2.40. The Morgan fingerprint density at radius 1 is 1.47 bits per heavy atom. The highest BCUT2D eigenvalue weighted by Crippen LogP contribution is 2.20. The van der Waals surface area contributed by atoms with Crippen molar-refractivity contribution >= 4 is 23.4 Å². The van der Waals surface area contributed by atoms with Gasteiger partial charge in [0.25, 0.3) is 0 Å². The summed E-state index contributed by atoms with van der Waals surface area (Å²) in [6.07, 6.45) is 4.75. The number of aromatic carboxylic acids is 1. The van der Waals surface area contributed by atoms with Crippen LogP contribution in [0.3, 0.4) is 0 Å². The summed E-state index contributed by atoms with van der Waals surface area (Å²) in [5.74, 6) is -0.539. The van der Waals surface area contributed by atoms with Crippen molar-refractivity contribution < 1.29 is 9.90 Å². The smallest absolute Gasteiger partial charge is 0.337 e. The third kappa shape index (κ3) is 3.32. The highest BCUT2D eigenvalue weighted by molar-refractivity contribution is 6.33. The van der Waals surface area contributed by atoms with Crippen molar-refractivity contribution in [3.63, 3.8) is 0 Å². The molecule has 0 aliphatic carbocycles. The van der Waals surface area contributed by atoms with Crippen LogP contribution in [0.5, 0.6) is 0 Å². The molecule has 1 heterocycles. The van der Waals surface area contributed by atoms with E-state index in [1.54, 1.807) is 12.2 Å². The molecule has 0 atom stereocenters. The van der Waals surface area contributed by atoms with Crippen molar-refractivity contribution in [3.05, 3.63) is 48.2 Å². The van der Waals surface area contributed by atoms with Gasteiger partial charge in [-0.1, -0.05) is 23.8 Å². The maximum Gasteiger partial charge on any atom is 0.337 e. The van der Waals surface area contributed by atoms with E-state index in [1.165, 1.54) is 12.3 Å². The summed E-state index contributed by atoms with van der Waals surface area (Å²) < 4.78 is 0. The normalized spacial score (nSPS) is 9.71. The van der Waals surface area contributed by atoms with Crippen LogP contribution in [0, 0.1) is 0 Å². The lowest BCUT2D eigenvalue weighted by molar-refractivity contribution is 0.0697. The van der Waals surface area contributed by atoms with Crippen LogP contribution in [0.15, 0.2) is 37.6 Å². The van der Waals surface area contributed by atoms with Gasteiger partial charge in [0.2, 0.25) is 0 Å². The largest absolute Gasteiger partial charge is 0.478 e. The minimum Gasteiger partial charge on any atom is -0.478 e. The summed E-state index contributed by atoms with van der Waals surface area (Å²) in [6, 6.07) is 1.44. The molecule has 0 fully saturated rings. The third-order valence-electron chi connectivity index (χ3n) is 2.09. The Labute approximate surface area is 105 Å². The Balaban J connectivity index is 3.11. The van der Waals surface area contributed by atoms with Gasteiger partial charge in [-0.15, -0.1) is 13.2 Å². The molecule has 0 saturated carbocycles. The van der Waals surface area contributed by atoms with E-state index >= 15 is 0 Å². The number of hydrogen-bond donors (Lipinski definition) is 1. The van der Waals surface area contributed by atoms with Gasteiger partial charge in [-0.05, 0) is 6.07 Å². The predicted molar refractivity (Wildman–Crippen MR) is 68.8 cm³/mol. The number of pyridine rings is 1. The monoisotopic (exact) mass is 252 g/mol. The summed E-state index contributed by atoms with van der Waals surface area (Å²) in [5.41, 5.74) is 0.0368. The molecule has 0 aliphatic heterocycles. The number of carboxylic acids is 1. The number of aromatic nitrogens is 1. The fourth-order valence-corrected chi connectivity index (χ4v) is 1.52. The zero-order chi connectivity index (χ0) is 12.8. The molecule has 0 amide bonds. The molecule has 0 aromatic carbocycles. The number of halogens is 1. The molecule has 1 aromatic heterocycles. The van der Waals surface area contributed by atoms with E-state index in [4.69, 9.17) is 16.7 Å². The second kappa shape index (κ2) is 6.06. The van der Waals surface area contributed by atoms with Crippen LogP contribution in [-0.4, -0.2) is 29.1 Å². The second-order valence-corrected chi connectivity index (χ2v) is 3.72. The van der Waals surface area contributed by atoms with E-state index < -0.39 is 5.97 Å². The van der Waals surface area contributed by atoms with Gasteiger partial charge in [0.15, 0.2) is 0 Å². The number of hydrogen-bond acceptors (Lipinski definition) is 3. The Bertz CT molecular complexity index is 436. The average molecular weight is 253 g/mol. The number of nitrogens with zero attached hydrogens (tertiary/aromatic N) is 2. The zero-order valence-electron chi connectivity index (χ0n) is 9.27. The standard InChI is InChI=1S/C12H13ClN2O2/c1-3-5-15(6-4-2)11-7-9(12(16)17)10(13)8-14-11/h3-4,7-8H,1-2,5-6H2,(H,16,17). The molecule has 0 bridgehead atoms. The van der Waals surface area contributed by atoms with Crippen LogP contribution in [0.1, 0.15) is 10.4 Å². The quantitative estimate of drug-likeness (QED) is 0.791. The van der Waals surface area contributed by atoms with E-state index in [0.717, 1.165) is 0 Å². The molecule has 1 rings (SSSR count). The van der Waals surface area contributed by atoms with Crippen LogP contribution < -0.4 is 4.90 Å². The molecule has 0 spiro atoms. The van der Waals surface area contributed by atoms with Crippen LogP contribution in [0.2, 0.25) is 5.02 Å². The lowest BCUT2D eigenvalue weighted by atomic mass is 10.2. The summed E-state index contributed by atoms with van der Waals surface area (Å²) in [4.78, 5) is 16.9. The van der Waals surface area contributed by atoms with Crippen LogP contribution in [0.4, 0.5) is 5.82 Å². The molecular formula is C12H13ClN2O2. The van der Waals surface area contributed by atoms with Crippen molar-refractivity contribution in [2.45, 2.75) is 0 Å². The SMILES string of the molecule is C=CCN(CC=C)c1cc(C(=O)O)c(Cl)cn1. The van der Waals surface area contributed by atoms with Crippen molar-refractivity contribution in [1.29, 1.82) is 0 Å². The Hall–Kier alpha value is -1.81. The molecule has 0 saturated heterocycles. The minimum absolute atomic E-state index is 0.0368. The number of anilines is 1. The van der Waals surface area contributed by atoms with Crippen molar-refractivity contribution in [1.82, 2.24) is 4.98 Å². The van der Waals surface area contributed by atoms with Gasteiger partial charge < -0.3 is 10.0 Å². The molecule has 90 valence electrons. The first-order chi connectivity index (χ1) is 8.10. The second-order valence-electron chi connectivity index (χ2n) is 3.31. The van der Waals surface area contributed by atoms with Crippen molar-refractivity contribution in [2.24, 2.45) is 0 Å². The first-order valence-electron chi connectivity index (χ1n) is 4.95. The van der Waals surface area contributed by atoms with Gasteiger partial charge in [-0.3, -0.25) is 0 Å². The first-order valence-corrected chi connectivity index (χ1v) is 5.33. The maximum absolute atomic E-state index is 10.9. The lowest BCUT2D eigenvalue weighted by Gasteiger charge is -2.20. The van der Waals surface area contributed by atoms with E-state index in [9.17, 15) is 4.79 Å². The molecular weight excluding hydrogens is 240 g/mol. The van der Waals surface area contributed by atoms with Gasteiger partial charge in [0.05, 0.1) is 10.6 Å². The number of carboxylic acid groups (broad SMARTS) is 1. The van der Waals surface area contributed by atoms with E-state index in [2.05, 4.69) is 18.1 Å². The molecule has 17 heavy (non-hydrogen) atoms. The molecule has 4 nitrogen and oxygen atoms in total. The van der Waals surface area contributed by atoms with Crippen LogP contribution >= 0.6 is 11.6 Å². The van der Waals surface area contributed by atoms with E-state index in [0.29, 0.717) is 18.9 Å². The van der Waals surface area contributed by atoms with Gasteiger partial charge in [0, 0.05) is 19.3 Å². The van der Waals surface area contributed by atoms with Crippen LogP contribution in [-0.2, 0) is 0 Å². The van der Waals surface area contributed by atoms with Gasteiger partial charge in [0.1, 0.15) is 5.82 Å². The molecule has 0 radical (unpaired) electrons. The van der Waals surface area contributed by atoms with Crippen LogP contribution in [0.25, 0.3) is 0 Å². The molecule has 1 aromatic rings. The zero-order valence-corrected chi connectivity index (χ0v) is 10.0. The summed E-state index contributed by atoms with van der Waals surface area (Å²) in [5, 5.41) is 9.08.